The van der Waals surface area contributed by atoms with Gasteiger partial charge in [0.05, 0.1) is 17.0 Å². The molecule has 0 aliphatic carbocycles. The van der Waals surface area contributed by atoms with Crippen molar-refractivity contribution >= 4 is 22.6 Å². The second-order valence-electron chi connectivity index (χ2n) is 5.34. The van der Waals surface area contributed by atoms with E-state index in [9.17, 15) is 0 Å². The van der Waals surface area contributed by atoms with E-state index in [4.69, 9.17) is 21.3 Å². The molecule has 1 aromatic heterocycles. The first-order chi connectivity index (χ1) is 8.91. The van der Waals surface area contributed by atoms with E-state index in [1.165, 1.54) is 0 Å². The zero-order valence-corrected chi connectivity index (χ0v) is 12.9. The molecule has 2 rings (SSSR count). The minimum absolute atomic E-state index is 0.123. The molecule has 0 saturated heterocycles. The average Bonchev–Trinajstić information content (AvgIpc) is 2.68. The lowest BCUT2D eigenvalue weighted by atomic mass is 10.2. The van der Waals surface area contributed by atoms with E-state index < -0.39 is 0 Å². The number of para-hydroxylation sites is 1. The lowest BCUT2D eigenvalue weighted by Gasteiger charge is -2.14. The van der Waals surface area contributed by atoms with Crippen LogP contribution in [0.2, 0.25) is 0 Å². The number of aromatic nitrogens is 2. The number of halogens is 1. The summed E-state index contributed by atoms with van der Waals surface area (Å²) < 4.78 is 8.02. The third-order valence-corrected chi connectivity index (χ3v) is 3.14. The molecular weight excluding hydrogens is 260 g/mol. The second kappa shape index (κ2) is 5.41. The van der Waals surface area contributed by atoms with Gasteiger partial charge in [0.25, 0.3) is 0 Å². The predicted molar refractivity (Wildman–Crippen MR) is 80.2 cm³/mol. The third kappa shape index (κ3) is 2.71. The average molecular weight is 281 g/mol. The van der Waals surface area contributed by atoms with Crippen LogP contribution in [0, 0.1) is 0 Å². The molecule has 0 fully saturated rings. The van der Waals surface area contributed by atoms with Gasteiger partial charge in [-0.25, -0.2) is 4.98 Å². The van der Waals surface area contributed by atoms with Crippen LogP contribution < -0.4 is 4.74 Å². The summed E-state index contributed by atoms with van der Waals surface area (Å²) in [7, 11) is 0. The number of nitrogens with zero attached hydrogens (tertiary/aromatic N) is 2. The minimum atomic E-state index is -0.123. The lowest BCUT2D eigenvalue weighted by molar-refractivity contribution is 0.245. The van der Waals surface area contributed by atoms with Gasteiger partial charge in [0.2, 0.25) is 0 Å². The van der Waals surface area contributed by atoms with Gasteiger partial charge in [0, 0.05) is 6.04 Å². The summed E-state index contributed by atoms with van der Waals surface area (Å²) in [5.74, 6) is 1.72. The van der Waals surface area contributed by atoms with Crippen molar-refractivity contribution in [2.24, 2.45) is 0 Å². The Morgan fingerprint density at radius 2 is 1.84 bits per heavy atom. The number of alkyl halides is 1. The van der Waals surface area contributed by atoms with Gasteiger partial charge in [0.1, 0.15) is 17.1 Å². The number of rotatable bonds is 4. The smallest absolute Gasteiger partial charge is 0.147 e. The van der Waals surface area contributed by atoms with Gasteiger partial charge in [-0.2, -0.15) is 0 Å². The van der Waals surface area contributed by atoms with E-state index in [-0.39, 0.29) is 11.5 Å². The van der Waals surface area contributed by atoms with E-state index in [1.807, 2.05) is 32.9 Å². The van der Waals surface area contributed by atoms with Gasteiger partial charge in [-0.05, 0) is 46.8 Å². The van der Waals surface area contributed by atoms with Crippen LogP contribution >= 0.6 is 11.6 Å². The topological polar surface area (TPSA) is 27.1 Å². The second-order valence-corrected chi connectivity index (χ2v) is 5.99. The summed E-state index contributed by atoms with van der Waals surface area (Å²) in [5, 5.41) is -0.123. The summed E-state index contributed by atoms with van der Waals surface area (Å²) >= 11 is 6.26. The fourth-order valence-electron chi connectivity index (χ4n) is 2.28. The highest BCUT2D eigenvalue weighted by atomic mass is 35.5. The van der Waals surface area contributed by atoms with Crippen molar-refractivity contribution < 1.29 is 4.74 Å². The van der Waals surface area contributed by atoms with Crippen molar-refractivity contribution in [2.75, 3.05) is 0 Å². The first kappa shape index (κ1) is 14.2. The van der Waals surface area contributed by atoms with Crippen LogP contribution in [0.1, 0.15) is 51.9 Å². The Bertz CT molecular complexity index is 573. The fourth-order valence-corrected chi connectivity index (χ4v) is 2.44. The molecule has 0 bridgehead atoms. The molecule has 1 heterocycles. The van der Waals surface area contributed by atoms with Gasteiger partial charge in [0.15, 0.2) is 0 Å². The molecule has 0 spiro atoms. The Morgan fingerprint density at radius 1 is 1.16 bits per heavy atom. The van der Waals surface area contributed by atoms with Crippen molar-refractivity contribution in [3.63, 3.8) is 0 Å². The first-order valence-corrected chi connectivity index (χ1v) is 7.17. The van der Waals surface area contributed by atoms with E-state index in [0.717, 1.165) is 22.6 Å². The van der Waals surface area contributed by atoms with E-state index >= 15 is 0 Å². The maximum Gasteiger partial charge on any atom is 0.147 e. The van der Waals surface area contributed by atoms with Crippen molar-refractivity contribution in [1.29, 1.82) is 0 Å². The Hall–Kier alpha value is -1.22. The van der Waals surface area contributed by atoms with Crippen molar-refractivity contribution in [2.45, 2.75) is 52.1 Å². The zero-order valence-electron chi connectivity index (χ0n) is 12.1. The zero-order chi connectivity index (χ0) is 14.2. The molecule has 1 unspecified atom stereocenters. The summed E-state index contributed by atoms with van der Waals surface area (Å²) in [6.45, 7) is 10.3. The van der Waals surface area contributed by atoms with E-state index in [2.05, 4.69) is 24.5 Å². The molecule has 104 valence electrons. The molecule has 1 aromatic carbocycles. The van der Waals surface area contributed by atoms with Crippen LogP contribution in [-0.4, -0.2) is 15.7 Å². The molecule has 2 aromatic rings. The molecule has 0 amide bonds. The molecule has 19 heavy (non-hydrogen) atoms. The van der Waals surface area contributed by atoms with Crippen molar-refractivity contribution in [1.82, 2.24) is 9.55 Å². The first-order valence-electron chi connectivity index (χ1n) is 6.73. The maximum atomic E-state index is 6.26. The molecule has 1 atom stereocenters. The molecule has 4 heteroatoms. The Kier molecular flexibility index (Phi) is 4.04. The molecule has 0 N–H and O–H groups in total. The van der Waals surface area contributed by atoms with Crippen LogP contribution in [-0.2, 0) is 0 Å². The van der Waals surface area contributed by atoms with E-state index in [0.29, 0.717) is 6.04 Å². The largest absolute Gasteiger partial charge is 0.489 e. The number of fused-ring (bicyclic) bond motifs is 1. The maximum absolute atomic E-state index is 6.26. The van der Waals surface area contributed by atoms with Gasteiger partial charge in [-0.3, -0.25) is 0 Å². The van der Waals surface area contributed by atoms with Gasteiger partial charge in [-0.1, -0.05) is 6.07 Å². The Labute approximate surface area is 119 Å². The molecule has 0 saturated carbocycles. The fraction of sp³-hybridized carbons (Fsp3) is 0.533. The third-order valence-electron chi connectivity index (χ3n) is 2.95. The molecule has 0 aliphatic rings. The predicted octanol–water partition coefficient (Wildman–Crippen LogP) is 4.70. The van der Waals surface area contributed by atoms with Crippen LogP contribution in [0.5, 0.6) is 5.75 Å². The molecule has 0 radical (unpaired) electrons. The number of hydrogen-bond donors (Lipinski definition) is 0. The number of benzene rings is 1. The Morgan fingerprint density at radius 3 is 2.37 bits per heavy atom. The van der Waals surface area contributed by atoms with Crippen LogP contribution in [0.25, 0.3) is 11.0 Å². The number of imidazole rings is 1. The molecule has 3 nitrogen and oxygen atoms in total. The lowest BCUT2D eigenvalue weighted by Crippen LogP contribution is -2.07. The highest BCUT2D eigenvalue weighted by Gasteiger charge is 2.19. The quantitative estimate of drug-likeness (QED) is 0.759. The Balaban J connectivity index is 2.68. The van der Waals surface area contributed by atoms with Crippen LogP contribution in [0.15, 0.2) is 18.2 Å². The molecule has 0 aliphatic heterocycles. The summed E-state index contributed by atoms with van der Waals surface area (Å²) in [4.78, 5) is 4.69. The van der Waals surface area contributed by atoms with Gasteiger partial charge < -0.3 is 9.30 Å². The van der Waals surface area contributed by atoms with Crippen LogP contribution in [0.4, 0.5) is 0 Å². The summed E-state index contributed by atoms with van der Waals surface area (Å²) in [6.07, 6.45) is 0.131. The normalized spacial score (nSPS) is 13.5. The standard InChI is InChI=1S/C15H21ClN2O/c1-9(2)18-12-7-6-8-13(19-10(3)4)14(12)17-15(18)11(5)16/h6-11H,1-5H3. The highest BCUT2D eigenvalue weighted by Crippen LogP contribution is 2.32. The minimum Gasteiger partial charge on any atom is -0.489 e. The van der Waals surface area contributed by atoms with Crippen molar-refractivity contribution in [3.05, 3.63) is 24.0 Å². The summed E-state index contributed by atoms with van der Waals surface area (Å²) in [6, 6.07) is 6.35. The van der Waals surface area contributed by atoms with Gasteiger partial charge >= 0.3 is 0 Å². The monoisotopic (exact) mass is 280 g/mol. The van der Waals surface area contributed by atoms with Crippen LogP contribution in [0.3, 0.4) is 0 Å². The number of ether oxygens (including phenoxy) is 1. The van der Waals surface area contributed by atoms with Crippen molar-refractivity contribution in [3.8, 4) is 5.75 Å². The number of hydrogen-bond acceptors (Lipinski definition) is 2. The van der Waals surface area contributed by atoms with E-state index in [1.54, 1.807) is 0 Å². The highest BCUT2D eigenvalue weighted by molar-refractivity contribution is 6.20. The SMILES string of the molecule is CC(C)Oc1cccc2c1nc(C(C)Cl)n2C(C)C. The molecular formula is C15H21ClN2O. The van der Waals surface area contributed by atoms with Gasteiger partial charge in [-0.15, -0.1) is 11.6 Å². The summed E-state index contributed by atoms with van der Waals surface area (Å²) in [5.41, 5.74) is 1.98.